The van der Waals surface area contributed by atoms with Crippen molar-refractivity contribution >= 4 is 11.6 Å². The van der Waals surface area contributed by atoms with E-state index in [-0.39, 0.29) is 11.4 Å². The molecule has 0 radical (unpaired) electrons. The molecule has 0 atom stereocenters. The molecule has 0 saturated heterocycles. The van der Waals surface area contributed by atoms with Gasteiger partial charge in [-0.3, -0.25) is 4.79 Å². The Labute approximate surface area is 117 Å². The van der Waals surface area contributed by atoms with E-state index in [0.717, 1.165) is 0 Å². The number of amides is 1. The molecule has 0 bridgehead atoms. The van der Waals surface area contributed by atoms with Gasteiger partial charge in [-0.05, 0) is 36.8 Å². The first-order valence-corrected chi connectivity index (χ1v) is 5.78. The summed E-state index contributed by atoms with van der Waals surface area (Å²) in [5.74, 6) is -7.47. The average molecular weight is 297 g/mol. The van der Waals surface area contributed by atoms with Gasteiger partial charge in [-0.25, -0.2) is 8.78 Å². The van der Waals surface area contributed by atoms with Crippen molar-refractivity contribution in [2.24, 2.45) is 0 Å². The fourth-order valence-electron chi connectivity index (χ4n) is 1.69. The van der Waals surface area contributed by atoms with Crippen molar-refractivity contribution < 1.29 is 28.2 Å². The van der Waals surface area contributed by atoms with E-state index in [2.05, 4.69) is 5.32 Å². The number of benzene rings is 2. The largest absolute Gasteiger partial charge is 0.508 e. The molecule has 0 aliphatic carbocycles. The molecule has 4 nitrogen and oxygen atoms in total. The Bertz CT molecular complexity index is 732. The van der Waals surface area contributed by atoms with E-state index >= 15 is 0 Å². The molecule has 1 amide bonds. The van der Waals surface area contributed by atoms with Gasteiger partial charge in [0.2, 0.25) is 5.82 Å². The van der Waals surface area contributed by atoms with Gasteiger partial charge < -0.3 is 15.5 Å². The number of rotatable bonds is 2. The van der Waals surface area contributed by atoms with Crippen molar-refractivity contribution in [1.82, 2.24) is 0 Å². The van der Waals surface area contributed by atoms with Gasteiger partial charge in [-0.15, -0.1) is 0 Å². The normalized spacial score (nSPS) is 10.5. The van der Waals surface area contributed by atoms with E-state index in [1.807, 2.05) is 0 Å². The maximum Gasteiger partial charge on any atom is 0.258 e. The number of nitrogens with one attached hydrogen (secondary N) is 1. The third-order valence-corrected chi connectivity index (χ3v) is 2.83. The summed E-state index contributed by atoms with van der Waals surface area (Å²) in [7, 11) is 0. The van der Waals surface area contributed by atoms with Crippen LogP contribution in [0.5, 0.6) is 11.5 Å². The van der Waals surface area contributed by atoms with Crippen molar-refractivity contribution in [2.45, 2.75) is 6.92 Å². The predicted molar refractivity (Wildman–Crippen MR) is 68.8 cm³/mol. The van der Waals surface area contributed by atoms with Crippen molar-refractivity contribution in [2.75, 3.05) is 5.32 Å². The van der Waals surface area contributed by atoms with Gasteiger partial charge in [0.25, 0.3) is 5.91 Å². The lowest BCUT2D eigenvalue weighted by molar-refractivity contribution is 0.102. The number of halogens is 3. The lowest BCUT2D eigenvalue weighted by Crippen LogP contribution is -2.15. The molecule has 0 heterocycles. The van der Waals surface area contributed by atoms with Gasteiger partial charge in [0.05, 0.1) is 5.56 Å². The summed E-state index contributed by atoms with van der Waals surface area (Å²) in [6.45, 7) is 1.58. The Balaban J connectivity index is 2.35. The summed E-state index contributed by atoms with van der Waals surface area (Å²) >= 11 is 0. The maximum absolute atomic E-state index is 13.6. The third-order valence-electron chi connectivity index (χ3n) is 2.83. The van der Waals surface area contributed by atoms with Crippen LogP contribution in [0.25, 0.3) is 0 Å². The first-order valence-electron chi connectivity index (χ1n) is 5.78. The molecule has 3 N–H and O–H groups in total. The number of anilines is 1. The number of aromatic hydroxyl groups is 2. The van der Waals surface area contributed by atoms with Crippen LogP contribution in [0, 0.1) is 24.4 Å². The smallest absolute Gasteiger partial charge is 0.258 e. The molecule has 0 unspecified atom stereocenters. The van der Waals surface area contributed by atoms with Gasteiger partial charge in [-0.2, -0.15) is 4.39 Å². The zero-order valence-electron chi connectivity index (χ0n) is 10.7. The fourth-order valence-corrected chi connectivity index (χ4v) is 1.69. The van der Waals surface area contributed by atoms with Crippen LogP contribution < -0.4 is 5.32 Å². The second-order valence-electron chi connectivity index (χ2n) is 4.34. The van der Waals surface area contributed by atoms with Crippen LogP contribution >= 0.6 is 0 Å². The van der Waals surface area contributed by atoms with E-state index in [4.69, 9.17) is 5.11 Å². The van der Waals surface area contributed by atoms with Gasteiger partial charge in [0.15, 0.2) is 17.4 Å². The molecule has 7 heteroatoms. The van der Waals surface area contributed by atoms with Crippen LogP contribution in [0.2, 0.25) is 0 Å². The highest BCUT2D eigenvalue weighted by atomic mass is 19.2. The second kappa shape index (κ2) is 5.35. The molecule has 0 aliphatic rings. The number of phenolic OH excluding ortho intramolecular Hbond substituents is 2. The summed E-state index contributed by atoms with van der Waals surface area (Å²) in [6, 6.07) is 4.42. The van der Waals surface area contributed by atoms with Crippen LogP contribution in [0.15, 0.2) is 24.3 Å². The van der Waals surface area contributed by atoms with Gasteiger partial charge in [0, 0.05) is 5.69 Å². The highest BCUT2D eigenvalue weighted by molar-refractivity contribution is 6.04. The second-order valence-corrected chi connectivity index (χ2v) is 4.34. The quantitative estimate of drug-likeness (QED) is 0.589. The Kier molecular flexibility index (Phi) is 3.75. The zero-order valence-corrected chi connectivity index (χ0v) is 10.7. The number of hydrogen-bond donors (Lipinski definition) is 3. The zero-order chi connectivity index (χ0) is 15.7. The molecule has 21 heavy (non-hydrogen) atoms. The highest BCUT2D eigenvalue weighted by Crippen LogP contribution is 2.27. The standard InChI is InChI=1S/C14H10F3NO3/c1-6-4-7(2-3-10(6)19)18-14(21)8-5-9(15)12(17)13(20)11(8)16/h2-5,19-20H,1H3,(H,18,21). The molecular formula is C14H10F3NO3. The molecule has 0 spiro atoms. The molecule has 110 valence electrons. The van der Waals surface area contributed by atoms with Crippen molar-refractivity contribution in [1.29, 1.82) is 0 Å². The first kappa shape index (κ1) is 14.7. The maximum atomic E-state index is 13.6. The Morgan fingerprint density at radius 1 is 1.10 bits per heavy atom. The Hall–Kier alpha value is -2.70. The van der Waals surface area contributed by atoms with Gasteiger partial charge in [0.1, 0.15) is 5.75 Å². The predicted octanol–water partition coefficient (Wildman–Crippen LogP) is 3.08. The molecule has 0 aliphatic heterocycles. The minimum atomic E-state index is -1.76. The van der Waals surface area contributed by atoms with Crippen molar-refractivity contribution in [3.63, 3.8) is 0 Å². The lowest BCUT2D eigenvalue weighted by Gasteiger charge is -2.09. The molecule has 0 aromatic heterocycles. The summed E-state index contributed by atoms with van der Waals surface area (Å²) in [6.07, 6.45) is 0. The van der Waals surface area contributed by atoms with Crippen LogP contribution in [0.4, 0.5) is 18.9 Å². The highest BCUT2D eigenvalue weighted by Gasteiger charge is 2.22. The lowest BCUT2D eigenvalue weighted by atomic mass is 10.1. The minimum Gasteiger partial charge on any atom is -0.508 e. The summed E-state index contributed by atoms with van der Waals surface area (Å²) < 4.78 is 39.6. The number of hydrogen-bond acceptors (Lipinski definition) is 3. The average Bonchev–Trinajstić information content (AvgIpc) is 2.44. The van der Waals surface area contributed by atoms with Crippen molar-refractivity contribution in [3.05, 3.63) is 52.8 Å². The summed E-state index contributed by atoms with van der Waals surface area (Å²) in [5.41, 5.74) is -0.155. The van der Waals surface area contributed by atoms with E-state index < -0.39 is 34.7 Å². The molecule has 2 rings (SSSR count). The topological polar surface area (TPSA) is 69.6 Å². The monoisotopic (exact) mass is 297 g/mol. The van der Waals surface area contributed by atoms with Crippen LogP contribution in [0.3, 0.4) is 0 Å². The van der Waals surface area contributed by atoms with E-state index in [0.29, 0.717) is 11.6 Å². The van der Waals surface area contributed by atoms with E-state index in [9.17, 15) is 23.1 Å². The molecule has 2 aromatic rings. The van der Waals surface area contributed by atoms with Crippen LogP contribution in [-0.4, -0.2) is 16.1 Å². The Morgan fingerprint density at radius 2 is 1.76 bits per heavy atom. The van der Waals surface area contributed by atoms with Gasteiger partial charge in [-0.1, -0.05) is 0 Å². The Morgan fingerprint density at radius 3 is 2.38 bits per heavy atom. The number of carbonyl (C=O) groups excluding carboxylic acids is 1. The fraction of sp³-hybridized carbons (Fsp3) is 0.0714. The van der Waals surface area contributed by atoms with Crippen LogP contribution in [-0.2, 0) is 0 Å². The minimum absolute atomic E-state index is 0.00431. The number of phenols is 2. The molecule has 0 fully saturated rings. The van der Waals surface area contributed by atoms with E-state index in [1.165, 1.54) is 18.2 Å². The number of aryl methyl sites for hydroxylation is 1. The molecule has 0 saturated carbocycles. The van der Waals surface area contributed by atoms with E-state index in [1.54, 1.807) is 6.92 Å². The van der Waals surface area contributed by atoms with Gasteiger partial charge >= 0.3 is 0 Å². The van der Waals surface area contributed by atoms with Crippen LogP contribution in [0.1, 0.15) is 15.9 Å². The molecule has 2 aromatic carbocycles. The van der Waals surface area contributed by atoms with Crippen molar-refractivity contribution in [3.8, 4) is 11.5 Å². The first-order chi connectivity index (χ1) is 9.81. The number of carbonyl (C=O) groups is 1. The molecular weight excluding hydrogens is 287 g/mol. The summed E-state index contributed by atoms with van der Waals surface area (Å²) in [4.78, 5) is 11.8. The summed E-state index contributed by atoms with van der Waals surface area (Å²) in [5, 5.41) is 20.7. The SMILES string of the molecule is Cc1cc(NC(=O)c2cc(F)c(F)c(O)c2F)ccc1O. The third kappa shape index (κ3) is 2.76.